The number of rotatable bonds is 8. The summed E-state index contributed by atoms with van der Waals surface area (Å²) in [6, 6.07) is -0.971. The first kappa shape index (κ1) is 26.5. The largest absolute Gasteiger partial charge is 0.543 e. The topological polar surface area (TPSA) is 171 Å². The standard InChI is InChI=1S/C24H24N8O5S3/c1-30-8-15-31(11-30)13(10-38-15)7-6-12-9-39-22-17(21(34)32(22)18(12)23(35)36)26-20(33)16(19-27-24(25)40-29-19)28-37-14-4-2-3-5-14/h6-8,10-11,14,17,22H,2-5,9H2,1H3,(H3-,25,26,27,29,33,35,36)/b7-6?,28-16-/t17-,22-/m1/s1. The fourth-order valence-electron chi connectivity index (χ4n) is 4.88. The van der Waals surface area contributed by atoms with Crippen LogP contribution in [-0.2, 0) is 26.3 Å². The number of carboxylic acids is 1. The van der Waals surface area contributed by atoms with E-state index in [1.807, 2.05) is 40.0 Å². The van der Waals surface area contributed by atoms with Crippen molar-refractivity contribution in [2.24, 2.45) is 12.2 Å². The zero-order valence-electron chi connectivity index (χ0n) is 21.2. The zero-order chi connectivity index (χ0) is 28.0. The Hall–Kier alpha value is -3.76. The molecule has 16 heteroatoms. The van der Waals surface area contributed by atoms with E-state index in [2.05, 4.69) is 19.8 Å². The number of carboxylic acid groups (broad SMARTS) is 1. The molecular weight excluding hydrogens is 577 g/mol. The summed E-state index contributed by atoms with van der Waals surface area (Å²) in [4.78, 5) is 50.4. The number of nitrogen functional groups attached to an aromatic ring is 1. The van der Waals surface area contributed by atoms with Crippen molar-refractivity contribution in [1.82, 2.24) is 24.0 Å². The van der Waals surface area contributed by atoms with Crippen molar-refractivity contribution in [1.29, 1.82) is 0 Å². The molecule has 3 aliphatic rings. The third-order valence-electron chi connectivity index (χ3n) is 6.82. The number of aromatic nitrogens is 4. The van der Waals surface area contributed by atoms with E-state index in [1.54, 1.807) is 17.4 Å². The summed E-state index contributed by atoms with van der Waals surface area (Å²) in [6.07, 6.45) is 11.0. The number of hydrogen-bond donors (Lipinski definition) is 2. The molecule has 0 spiro atoms. The van der Waals surface area contributed by atoms with Gasteiger partial charge in [0.2, 0.25) is 22.7 Å². The molecule has 2 atom stereocenters. The zero-order valence-corrected chi connectivity index (χ0v) is 23.6. The van der Waals surface area contributed by atoms with Crippen LogP contribution < -0.4 is 20.7 Å². The molecule has 3 aromatic heterocycles. The number of oxime groups is 1. The average molecular weight is 601 g/mol. The van der Waals surface area contributed by atoms with Crippen molar-refractivity contribution in [3.63, 3.8) is 0 Å². The number of imidazole rings is 1. The van der Waals surface area contributed by atoms with Crippen LogP contribution in [0.1, 0.15) is 37.2 Å². The van der Waals surface area contributed by atoms with Crippen molar-refractivity contribution in [3.05, 3.63) is 46.8 Å². The van der Waals surface area contributed by atoms with Crippen LogP contribution in [0.4, 0.5) is 5.13 Å². The fourth-order valence-corrected chi connectivity index (χ4v) is 7.56. The maximum Gasteiger partial charge on any atom is 0.278 e. The first-order chi connectivity index (χ1) is 19.3. The number of nitrogens with zero attached hydrogens (tertiary/aromatic N) is 6. The minimum absolute atomic E-state index is 0.000471. The van der Waals surface area contributed by atoms with E-state index in [9.17, 15) is 19.5 Å². The molecular formula is C24H24N8O5S3. The molecule has 3 aromatic rings. The van der Waals surface area contributed by atoms with Gasteiger partial charge in [-0.1, -0.05) is 22.6 Å². The van der Waals surface area contributed by atoms with Gasteiger partial charge in [-0.15, -0.1) is 11.8 Å². The second kappa shape index (κ2) is 10.7. The molecule has 2 amide bonds. The van der Waals surface area contributed by atoms with E-state index >= 15 is 0 Å². The van der Waals surface area contributed by atoms with Gasteiger partial charge in [-0.3, -0.25) is 14.5 Å². The molecule has 5 heterocycles. The molecule has 208 valence electrons. The van der Waals surface area contributed by atoms with Gasteiger partial charge in [0.05, 0.1) is 18.7 Å². The van der Waals surface area contributed by atoms with Gasteiger partial charge in [-0.2, -0.15) is 13.8 Å². The second-order valence-corrected chi connectivity index (χ2v) is 12.3. The summed E-state index contributed by atoms with van der Waals surface area (Å²) >= 11 is 3.82. The number of fused-ring (bicyclic) bond motifs is 2. The number of aryl methyl sites for hydroxylation is 1. The van der Waals surface area contributed by atoms with Gasteiger partial charge < -0.3 is 25.8 Å². The summed E-state index contributed by atoms with van der Waals surface area (Å²) in [5.74, 6) is -2.42. The second-order valence-electron chi connectivity index (χ2n) is 9.54. The number of allylic oxidation sites excluding steroid dienone is 1. The van der Waals surface area contributed by atoms with E-state index in [4.69, 9.17) is 10.6 Å². The normalized spacial score (nSPS) is 21.8. The van der Waals surface area contributed by atoms with Crippen molar-refractivity contribution >= 4 is 74.2 Å². The molecule has 0 bridgehead atoms. The minimum atomic E-state index is -1.46. The molecule has 0 unspecified atom stereocenters. The molecule has 1 saturated heterocycles. The first-order valence-electron chi connectivity index (χ1n) is 12.5. The number of β-lactam (4-membered cyclic amide) rings is 1. The van der Waals surface area contributed by atoms with Crippen LogP contribution in [0.25, 0.3) is 10.9 Å². The number of anilines is 1. The predicted molar refractivity (Wildman–Crippen MR) is 147 cm³/mol. The Labute approximate surface area is 240 Å². The molecule has 0 radical (unpaired) electrons. The highest BCUT2D eigenvalue weighted by atomic mass is 32.2. The Morgan fingerprint density at radius 3 is 2.85 bits per heavy atom. The molecule has 0 aromatic carbocycles. The Bertz CT molecular complexity index is 1600. The van der Waals surface area contributed by atoms with Crippen molar-refractivity contribution < 1.29 is 28.9 Å². The van der Waals surface area contributed by atoms with Gasteiger partial charge in [0.15, 0.2) is 5.13 Å². The number of nitrogens with one attached hydrogen (secondary N) is 1. The Morgan fingerprint density at radius 1 is 1.32 bits per heavy atom. The number of carbonyl (C=O) groups excluding carboxylic acids is 3. The summed E-state index contributed by atoms with van der Waals surface area (Å²) in [5.41, 5.74) is 6.64. The average Bonchev–Trinajstić information content (AvgIpc) is 3.73. The fraction of sp³-hybridized carbons (Fsp3) is 0.375. The molecule has 13 nitrogen and oxygen atoms in total. The maximum absolute atomic E-state index is 13.2. The highest BCUT2D eigenvalue weighted by Crippen LogP contribution is 2.40. The summed E-state index contributed by atoms with van der Waals surface area (Å²) < 4.78 is 7.99. The number of nitrogens with two attached hydrogens (primary N) is 1. The summed E-state index contributed by atoms with van der Waals surface area (Å²) in [6.45, 7) is 0. The molecule has 3 N–H and O–H groups in total. The predicted octanol–water partition coefficient (Wildman–Crippen LogP) is 0.0396. The van der Waals surface area contributed by atoms with Gasteiger partial charge >= 0.3 is 0 Å². The van der Waals surface area contributed by atoms with Crippen LogP contribution in [0.3, 0.4) is 0 Å². The number of thioether (sulfide) groups is 1. The number of carbonyl (C=O) groups is 3. The highest BCUT2D eigenvalue weighted by Gasteiger charge is 2.53. The third kappa shape index (κ3) is 4.86. The maximum atomic E-state index is 13.2. The van der Waals surface area contributed by atoms with Crippen LogP contribution in [-0.4, -0.2) is 65.4 Å². The van der Waals surface area contributed by atoms with E-state index in [0.29, 0.717) is 11.3 Å². The first-order valence-corrected chi connectivity index (χ1v) is 15.2. The number of amides is 2. The lowest BCUT2D eigenvalue weighted by Gasteiger charge is -2.50. The van der Waals surface area contributed by atoms with Crippen molar-refractivity contribution in [3.8, 4) is 0 Å². The molecule has 2 fully saturated rings. The van der Waals surface area contributed by atoms with Gasteiger partial charge in [-0.05, 0) is 37.3 Å². The van der Waals surface area contributed by atoms with Crippen LogP contribution in [0, 0.1) is 0 Å². The van der Waals surface area contributed by atoms with Gasteiger partial charge in [0.1, 0.15) is 29.4 Å². The van der Waals surface area contributed by atoms with Crippen molar-refractivity contribution in [2.45, 2.75) is 43.2 Å². The lowest BCUT2D eigenvalue weighted by atomic mass is 10.0. The Kier molecular flexibility index (Phi) is 7.06. The van der Waals surface area contributed by atoms with Gasteiger partial charge in [0, 0.05) is 22.7 Å². The van der Waals surface area contributed by atoms with Crippen LogP contribution in [0.5, 0.6) is 0 Å². The Balaban J connectivity index is 1.20. The lowest BCUT2D eigenvalue weighted by Crippen LogP contribution is -2.71. The van der Waals surface area contributed by atoms with Crippen LogP contribution in [0.15, 0.2) is 40.4 Å². The van der Waals surface area contributed by atoms with Crippen LogP contribution in [0.2, 0.25) is 0 Å². The lowest BCUT2D eigenvalue weighted by molar-refractivity contribution is -0.669. The molecule has 40 heavy (non-hydrogen) atoms. The quantitative estimate of drug-likeness (QED) is 0.157. The van der Waals surface area contributed by atoms with Crippen LogP contribution >= 0.6 is 34.6 Å². The molecule has 6 rings (SSSR count). The number of aliphatic carboxylic acids is 1. The molecule has 1 saturated carbocycles. The van der Waals surface area contributed by atoms with Gasteiger partial charge in [0.25, 0.3) is 11.8 Å². The highest BCUT2D eigenvalue weighted by molar-refractivity contribution is 8.00. The van der Waals surface area contributed by atoms with E-state index in [1.165, 1.54) is 11.8 Å². The molecule has 2 aliphatic heterocycles. The minimum Gasteiger partial charge on any atom is -0.543 e. The summed E-state index contributed by atoms with van der Waals surface area (Å²) in [5, 5.41) is 20.3. The van der Waals surface area contributed by atoms with E-state index in [-0.39, 0.29) is 28.5 Å². The smallest absolute Gasteiger partial charge is 0.278 e. The number of hydrogen-bond acceptors (Lipinski definition) is 12. The van der Waals surface area contributed by atoms with E-state index in [0.717, 1.165) is 52.6 Å². The van der Waals surface area contributed by atoms with Crippen molar-refractivity contribution in [2.75, 3.05) is 11.5 Å². The number of thiazole rings is 1. The third-order valence-corrected chi connectivity index (χ3v) is 9.57. The SMILES string of the molecule is C[n+]1cc2scc(C=CC3=C(C(=O)[O-])N4C(=O)[C@@H](NC(=O)/C(=N\OC5CCCC5)c5nsc(N)n5)[C@H]4SC3)n2c1. The van der Waals surface area contributed by atoms with Gasteiger partial charge in [-0.25, -0.2) is 4.57 Å². The summed E-state index contributed by atoms with van der Waals surface area (Å²) in [7, 11) is 1.92. The molecule has 1 aliphatic carbocycles. The monoisotopic (exact) mass is 600 g/mol. The Morgan fingerprint density at radius 2 is 2.12 bits per heavy atom. The van der Waals surface area contributed by atoms with E-state index < -0.39 is 29.2 Å².